The Hall–Kier alpha value is -5.65. The third-order valence-electron chi connectivity index (χ3n) is 8.36. The van der Waals surface area contributed by atoms with Gasteiger partial charge in [0.1, 0.15) is 34.4 Å². The second-order valence-corrected chi connectivity index (χ2v) is 13.1. The Morgan fingerprint density at radius 2 is 1.76 bits per heavy atom. The fourth-order valence-electron chi connectivity index (χ4n) is 5.87. The Labute approximate surface area is 285 Å². The highest BCUT2D eigenvalue weighted by Crippen LogP contribution is 2.39. The van der Waals surface area contributed by atoms with Gasteiger partial charge in [-0.15, -0.1) is 0 Å². The van der Waals surface area contributed by atoms with E-state index in [1.807, 2.05) is 81.9 Å². The molecule has 5 aromatic rings. The van der Waals surface area contributed by atoms with Crippen molar-refractivity contribution >= 4 is 34.5 Å². The van der Waals surface area contributed by atoms with E-state index in [4.69, 9.17) is 24.3 Å². The van der Waals surface area contributed by atoms with Gasteiger partial charge in [-0.05, 0) is 82.1 Å². The Bertz CT molecular complexity index is 2010. The van der Waals surface area contributed by atoms with Crippen molar-refractivity contribution in [2.45, 2.75) is 52.8 Å². The number of benzene rings is 2. The monoisotopic (exact) mass is 663 g/mol. The lowest BCUT2D eigenvalue weighted by Gasteiger charge is -2.40. The molecule has 1 fully saturated rings. The number of nitrogens with zero attached hydrogens (tertiary/aromatic N) is 5. The summed E-state index contributed by atoms with van der Waals surface area (Å²) in [4.78, 5) is 36.6. The summed E-state index contributed by atoms with van der Waals surface area (Å²) in [7, 11) is 3.25. The van der Waals surface area contributed by atoms with Gasteiger partial charge in [0.25, 0.3) is 5.91 Å². The molecule has 12 nitrogen and oxygen atoms in total. The van der Waals surface area contributed by atoms with E-state index < -0.39 is 5.60 Å². The largest absolute Gasteiger partial charge is 0.497 e. The summed E-state index contributed by atoms with van der Waals surface area (Å²) < 4.78 is 18.6. The Kier molecular flexibility index (Phi) is 9.14. The zero-order valence-electron chi connectivity index (χ0n) is 28.8. The third kappa shape index (κ3) is 6.99. The van der Waals surface area contributed by atoms with E-state index in [0.717, 1.165) is 38.9 Å². The minimum Gasteiger partial charge on any atom is -0.497 e. The van der Waals surface area contributed by atoms with Crippen LogP contribution >= 0.6 is 0 Å². The van der Waals surface area contributed by atoms with Gasteiger partial charge in [0.15, 0.2) is 0 Å². The van der Waals surface area contributed by atoms with Gasteiger partial charge >= 0.3 is 6.09 Å². The SMILES string of the molecule is COc1ccc(CNc2ncc(C)c3c2c(-c2ccc(C(=O)Nc4ccccn4)cc2C)nn3C2CN(C(=O)OC(C)(C)C)C2)c(OC)c1. The van der Waals surface area contributed by atoms with Crippen LogP contribution in [-0.4, -0.2) is 69.6 Å². The number of fused-ring (bicyclic) bond motifs is 1. The number of carbonyl (C=O) groups excluding carboxylic acids is 2. The standard InChI is InChI=1S/C37H41N7O5/c1-22-16-24(35(45)41-30-10-8-9-15-38-30)12-14-28(22)32-31-33(44(42-32)26-20-43(21-26)36(46)49-37(3,4)5)23(2)18-39-34(31)40-19-25-11-13-27(47-6)17-29(25)48-7/h8-18,26H,19-21H2,1-7H3,(H,39,40)(H,38,41,45). The predicted octanol–water partition coefficient (Wildman–Crippen LogP) is 6.78. The molecule has 6 rings (SSSR count). The lowest BCUT2D eigenvalue weighted by molar-refractivity contribution is 0.000174. The van der Waals surface area contributed by atoms with Crippen molar-refractivity contribution in [3.63, 3.8) is 0 Å². The van der Waals surface area contributed by atoms with Gasteiger partial charge < -0.3 is 29.7 Å². The molecule has 1 aliphatic heterocycles. The van der Waals surface area contributed by atoms with Crippen molar-refractivity contribution in [3.8, 4) is 22.8 Å². The van der Waals surface area contributed by atoms with Gasteiger partial charge in [-0.1, -0.05) is 12.1 Å². The van der Waals surface area contributed by atoms with Crippen LogP contribution < -0.4 is 20.1 Å². The average Bonchev–Trinajstić information content (AvgIpc) is 3.44. The van der Waals surface area contributed by atoms with Crippen molar-refractivity contribution in [1.82, 2.24) is 24.6 Å². The molecule has 2 N–H and O–H groups in total. The predicted molar refractivity (Wildman–Crippen MR) is 188 cm³/mol. The molecule has 0 aliphatic carbocycles. The Balaban J connectivity index is 1.38. The molecule has 1 saturated heterocycles. The highest BCUT2D eigenvalue weighted by molar-refractivity contribution is 6.06. The first-order chi connectivity index (χ1) is 23.5. The minimum atomic E-state index is -0.582. The number of hydrogen-bond donors (Lipinski definition) is 2. The maximum absolute atomic E-state index is 13.1. The lowest BCUT2D eigenvalue weighted by atomic mass is 9.99. The number of nitrogens with one attached hydrogen (secondary N) is 2. The maximum Gasteiger partial charge on any atom is 0.410 e. The highest BCUT2D eigenvalue weighted by Gasteiger charge is 2.37. The van der Waals surface area contributed by atoms with Gasteiger partial charge in [-0.25, -0.2) is 14.8 Å². The topological polar surface area (TPSA) is 133 Å². The van der Waals surface area contributed by atoms with Crippen LogP contribution in [0.5, 0.6) is 11.5 Å². The van der Waals surface area contributed by atoms with Crippen LogP contribution in [0.4, 0.5) is 16.4 Å². The first kappa shape index (κ1) is 33.3. The van der Waals surface area contributed by atoms with Crippen LogP contribution in [-0.2, 0) is 11.3 Å². The van der Waals surface area contributed by atoms with Gasteiger partial charge in [0.05, 0.1) is 31.2 Å². The number of rotatable bonds is 9. The second kappa shape index (κ2) is 13.5. The van der Waals surface area contributed by atoms with Crippen LogP contribution in [0.25, 0.3) is 22.2 Å². The summed E-state index contributed by atoms with van der Waals surface area (Å²) in [6, 6.07) is 16.5. The molecule has 12 heteroatoms. The highest BCUT2D eigenvalue weighted by atomic mass is 16.6. The van der Waals surface area contributed by atoms with E-state index in [0.29, 0.717) is 48.3 Å². The van der Waals surface area contributed by atoms with Crippen LogP contribution in [0.1, 0.15) is 53.9 Å². The summed E-state index contributed by atoms with van der Waals surface area (Å²) in [6.07, 6.45) is 3.12. The molecule has 0 bridgehead atoms. The number of amides is 2. The number of hydrogen-bond acceptors (Lipinski definition) is 9. The fourth-order valence-corrected chi connectivity index (χ4v) is 5.87. The molecule has 0 radical (unpaired) electrons. The summed E-state index contributed by atoms with van der Waals surface area (Å²) in [5.74, 6) is 2.27. The van der Waals surface area contributed by atoms with Gasteiger partial charge in [0, 0.05) is 54.8 Å². The summed E-state index contributed by atoms with van der Waals surface area (Å²) >= 11 is 0. The molecule has 0 saturated carbocycles. The molecule has 254 valence electrons. The van der Waals surface area contributed by atoms with Crippen LogP contribution in [0, 0.1) is 13.8 Å². The number of carbonyl (C=O) groups is 2. The molecule has 49 heavy (non-hydrogen) atoms. The maximum atomic E-state index is 13.1. The number of ether oxygens (including phenoxy) is 3. The number of methoxy groups -OCH3 is 2. The molecule has 3 aromatic heterocycles. The van der Waals surface area contributed by atoms with Gasteiger partial charge in [0.2, 0.25) is 0 Å². The molecule has 2 aromatic carbocycles. The number of aryl methyl sites for hydroxylation is 2. The van der Waals surface area contributed by atoms with Crippen molar-refractivity contribution < 1.29 is 23.8 Å². The van der Waals surface area contributed by atoms with Crippen LogP contribution in [0.3, 0.4) is 0 Å². The lowest BCUT2D eigenvalue weighted by Crippen LogP contribution is -2.52. The van der Waals surface area contributed by atoms with E-state index in [9.17, 15) is 9.59 Å². The van der Waals surface area contributed by atoms with Crippen molar-refractivity contribution in [1.29, 1.82) is 0 Å². The van der Waals surface area contributed by atoms with Crippen LogP contribution in [0.15, 0.2) is 67.0 Å². The molecule has 0 unspecified atom stereocenters. The number of anilines is 2. The number of pyridine rings is 2. The molecule has 0 spiro atoms. The molecular formula is C37H41N7O5. The summed E-state index contributed by atoms with van der Waals surface area (Å²) in [6.45, 7) is 10.9. The average molecular weight is 664 g/mol. The van der Waals surface area contributed by atoms with Gasteiger partial charge in [-0.2, -0.15) is 5.10 Å². The Morgan fingerprint density at radius 3 is 2.43 bits per heavy atom. The quantitative estimate of drug-likeness (QED) is 0.175. The Morgan fingerprint density at radius 1 is 0.959 bits per heavy atom. The smallest absolute Gasteiger partial charge is 0.410 e. The van der Waals surface area contributed by atoms with E-state index in [1.165, 1.54) is 0 Å². The first-order valence-corrected chi connectivity index (χ1v) is 16.1. The van der Waals surface area contributed by atoms with Crippen molar-refractivity contribution in [2.24, 2.45) is 0 Å². The molecular weight excluding hydrogens is 622 g/mol. The zero-order valence-corrected chi connectivity index (χ0v) is 28.8. The summed E-state index contributed by atoms with van der Waals surface area (Å²) in [5, 5.41) is 12.4. The fraction of sp³-hybridized carbons (Fsp3) is 0.324. The second-order valence-electron chi connectivity index (χ2n) is 13.1. The first-order valence-electron chi connectivity index (χ1n) is 16.1. The normalized spacial score (nSPS) is 13.2. The van der Waals surface area contributed by atoms with E-state index >= 15 is 0 Å². The van der Waals surface area contributed by atoms with E-state index in [-0.39, 0.29) is 18.0 Å². The van der Waals surface area contributed by atoms with Crippen molar-refractivity contribution in [3.05, 3.63) is 89.2 Å². The molecule has 4 heterocycles. The summed E-state index contributed by atoms with van der Waals surface area (Å²) in [5.41, 5.74) is 5.16. The molecule has 2 amide bonds. The van der Waals surface area contributed by atoms with Crippen LogP contribution in [0.2, 0.25) is 0 Å². The zero-order chi connectivity index (χ0) is 34.9. The molecule has 1 aliphatic rings. The van der Waals surface area contributed by atoms with E-state index in [1.54, 1.807) is 43.5 Å². The minimum absolute atomic E-state index is 0.0665. The number of aromatic nitrogens is 4. The third-order valence-corrected chi connectivity index (χ3v) is 8.36. The molecule has 0 atom stereocenters. The van der Waals surface area contributed by atoms with Crippen molar-refractivity contribution in [2.75, 3.05) is 37.9 Å². The van der Waals surface area contributed by atoms with Gasteiger partial charge in [-0.3, -0.25) is 9.48 Å². The van der Waals surface area contributed by atoms with E-state index in [2.05, 4.69) is 15.6 Å². The number of likely N-dealkylation sites (tertiary alicyclic amines) is 1.